The lowest BCUT2D eigenvalue weighted by molar-refractivity contribution is -0.140. The van der Waals surface area contributed by atoms with Crippen molar-refractivity contribution >= 4 is 23.4 Å². The maximum atomic E-state index is 13.2. The minimum atomic E-state index is -0.775. The van der Waals surface area contributed by atoms with Crippen molar-refractivity contribution in [2.24, 2.45) is 0 Å². The Balaban J connectivity index is 2.05. The van der Waals surface area contributed by atoms with Gasteiger partial charge in [-0.1, -0.05) is 26.0 Å². The quantitative estimate of drug-likeness (QED) is 0.182. The number of aliphatic hydroxyl groups excluding tert-OH is 1. The van der Waals surface area contributed by atoms with Crippen molar-refractivity contribution < 1.29 is 29.0 Å². The average Bonchev–Trinajstić information content (AvgIpc) is 3.10. The number of hydrogen-bond donors (Lipinski definition) is 1. The summed E-state index contributed by atoms with van der Waals surface area (Å²) in [5, 5.41) is 11.2. The molecule has 0 saturated carbocycles. The number of carbonyl (C=O) groups excluding carboxylic acids is 3. The van der Waals surface area contributed by atoms with Crippen LogP contribution in [0, 0.1) is 0 Å². The molecule has 0 spiro atoms. The van der Waals surface area contributed by atoms with Gasteiger partial charge in [-0.2, -0.15) is 0 Å². The summed E-state index contributed by atoms with van der Waals surface area (Å²) in [6.45, 7) is 10.3. The minimum Gasteiger partial charge on any atom is -0.507 e. The highest BCUT2D eigenvalue weighted by Crippen LogP contribution is 2.39. The normalized spacial score (nSPS) is 17.2. The van der Waals surface area contributed by atoms with Crippen LogP contribution in [0.1, 0.15) is 44.9 Å². The van der Waals surface area contributed by atoms with Crippen LogP contribution in [0.15, 0.2) is 54.1 Å². The molecule has 8 nitrogen and oxygen atoms in total. The molecule has 2 aromatic carbocycles. The van der Waals surface area contributed by atoms with Crippen LogP contribution < -0.4 is 9.47 Å². The first-order chi connectivity index (χ1) is 16.8. The van der Waals surface area contributed by atoms with Gasteiger partial charge in [0.2, 0.25) is 0 Å². The fourth-order valence-corrected chi connectivity index (χ4v) is 4.16. The van der Waals surface area contributed by atoms with Crippen molar-refractivity contribution in [3.63, 3.8) is 0 Å². The Morgan fingerprint density at radius 2 is 1.57 bits per heavy atom. The highest BCUT2D eigenvalue weighted by molar-refractivity contribution is 6.46. The molecule has 1 aliphatic heterocycles. The van der Waals surface area contributed by atoms with Gasteiger partial charge in [0.25, 0.3) is 11.7 Å². The molecule has 1 amide bonds. The van der Waals surface area contributed by atoms with Gasteiger partial charge in [0.05, 0.1) is 18.2 Å². The smallest absolute Gasteiger partial charge is 0.308 e. The van der Waals surface area contributed by atoms with Crippen molar-refractivity contribution in [3.05, 3.63) is 65.2 Å². The summed E-state index contributed by atoms with van der Waals surface area (Å²) in [4.78, 5) is 41.2. The number of likely N-dealkylation sites (N-methyl/N-ethyl adjacent to an activating group) is 1. The molecule has 3 rings (SSSR count). The van der Waals surface area contributed by atoms with Gasteiger partial charge in [-0.25, -0.2) is 0 Å². The van der Waals surface area contributed by atoms with Gasteiger partial charge in [-0.15, -0.1) is 0 Å². The summed E-state index contributed by atoms with van der Waals surface area (Å²) in [6, 6.07) is 12.6. The second-order valence-corrected chi connectivity index (χ2v) is 8.14. The van der Waals surface area contributed by atoms with E-state index in [1.165, 1.54) is 11.8 Å². The van der Waals surface area contributed by atoms with Crippen LogP contribution in [-0.2, 0) is 14.4 Å². The predicted octanol–water partition coefficient (Wildman–Crippen LogP) is 3.77. The molecule has 0 radical (unpaired) electrons. The number of benzene rings is 2. The molecule has 1 atom stereocenters. The monoisotopic (exact) mass is 480 g/mol. The van der Waals surface area contributed by atoms with Crippen LogP contribution in [0.3, 0.4) is 0 Å². The highest BCUT2D eigenvalue weighted by Gasteiger charge is 2.46. The summed E-state index contributed by atoms with van der Waals surface area (Å²) in [7, 11) is 0. The number of Topliss-reactive ketones (excluding diaryl/α,β-unsaturated/α-hetero) is 1. The van der Waals surface area contributed by atoms with Gasteiger partial charge in [0, 0.05) is 25.6 Å². The third kappa shape index (κ3) is 5.89. The van der Waals surface area contributed by atoms with E-state index in [1.54, 1.807) is 48.5 Å². The second-order valence-electron chi connectivity index (χ2n) is 8.14. The van der Waals surface area contributed by atoms with Crippen LogP contribution in [-0.4, -0.2) is 65.4 Å². The van der Waals surface area contributed by atoms with E-state index in [1.807, 2.05) is 20.8 Å². The third-order valence-electron chi connectivity index (χ3n) is 5.99. The van der Waals surface area contributed by atoms with E-state index >= 15 is 0 Å². The van der Waals surface area contributed by atoms with Crippen molar-refractivity contribution in [1.82, 2.24) is 9.80 Å². The lowest BCUT2D eigenvalue weighted by Crippen LogP contribution is -2.38. The van der Waals surface area contributed by atoms with Crippen molar-refractivity contribution in [1.29, 1.82) is 0 Å². The number of ether oxygens (including phenoxy) is 2. The Morgan fingerprint density at radius 1 is 0.971 bits per heavy atom. The molecule has 186 valence electrons. The van der Waals surface area contributed by atoms with Gasteiger partial charge in [-0.05, 0) is 62.0 Å². The van der Waals surface area contributed by atoms with Crippen molar-refractivity contribution in [2.45, 2.75) is 33.7 Å². The van der Waals surface area contributed by atoms with Crippen molar-refractivity contribution in [3.8, 4) is 11.5 Å². The van der Waals surface area contributed by atoms with E-state index in [2.05, 4.69) is 4.90 Å². The van der Waals surface area contributed by atoms with E-state index in [-0.39, 0.29) is 11.3 Å². The minimum absolute atomic E-state index is 0.0268. The molecule has 0 bridgehead atoms. The molecule has 0 aromatic heterocycles. The van der Waals surface area contributed by atoms with Crippen LogP contribution in [0.4, 0.5) is 0 Å². The van der Waals surface area contributed by atoms with E-state index in [0.717, 1.165) is 13.1 Å². The first-order valence-electron chi connectivity index (χ1n) is 11.8. The summed E-state index contributed by atoms with van der Waals surface area (Å²) in [5.41, 5.74) is 1.07. The highest BCUT2D eigenvalue weighted by atomic mass is 16.5. The van der Waals surface area contributed by atoms with Gasteiger partial charge in [0.1, 0.15) is 17.3 Å². The molecule has 1 aliphatic rings. The summed E-state index contributed by atoms with van der Waals surface area (Å²) >= 11 is 0. The molecule has 1 saturated heterocycles. The third-order valence-corrected chi connectivity index (χ3v) is 5.99. The van der Waals surface area contributed by atoms with Gasteiger partial charge < -0.3 is 24.4 Å². The largest absolute Gasteiger partial charge is 0.507 e. The standard InChI is InChI=1S/C27H32N2O6/c1-5-28(6-2)16-17-29-24(19-8-14-22(15-9-19)35-18(4)30)23(26(32)27(29)33)25(31)20-10-12-21(13-11-20)34-7-3/h8-15,24,31H,5-7,16-17H2,1-4H3/b25-23-. The summed E-state index contributed by atoms with van der Waals surface area (Å²) in [6.07, 6.45) is 0. The predicted molar refractivity (Wildman–Crippen MR) is 132 cm³/mol. The van der Waals surface area contributed by atoms with Crippen LogP contribution >= 0.6 is 0 Å². The van der Waals surface area contributed by atoms with E-state index in [9.17, 15) is 19.5 Å². The Morgan fingerprint density at radius 3 is 2.11 bits per heavy atom. The number of ketones is 1. The molecule has 1 N–H and O–H groups in total. The molecule has 1 fully saturated rings. The first kappa shape index (κ1) is 26.0. The zero-order valence-electron chi connectivity index (χ0n) is 20.6. The molecular formula is C27H32N2O6. The molecule has 2 aromatic rings. The second kappa shape index (κ2) is 11.7. The lowest BCUT2D eigenvalue weighted by Gasteiger charge is -2.28. The van der Waals surface area contributed by atoms with Crippen LogP contribution in [0.5, 0.6) is 11.5 Å². The Hall–Kier alpha value is -3.65. The summed E-state index contributed by atoms with van der Waals surface area (Å²) < 4.78 is 10.6. The van der Waals surface area contributed by atoms with E-state index < -0.39 is 23.7 Å². The molecule has 8 heteroatoms. The molecule has 1 heterocycles. The van der Waals surface area contributed by atoms with Gasteiger partial charge >= 0.3 is 5.97 Å². The van der Waals surface area contributed by atoms with Crippen LogP contribution in [0.2, 0.25) is 0 Å². The van der Waals surface area contributed by atoms with Gasteiger partial charge in [-0.3, -0.25) is 14.4 Å². The Bertz CT molecular complexity index is 1090. The molecular weight excluding hydrogens is 448 g/mol. The zero-order valence-corrected chi connectivity index (χ0v) is 20.6. The number of esters is 1. The molecule has 0 aliphatic carbocycles. The average molecular weight is 481 g/mol. The fourth-order valence-electron chi connectivity index (χ4n) is 4.16. The fraction of sp³-hybridized carbons (Fsp3) is 0.370. The maximum Gasteiger partial charge on any atom is 0.308 e. The number of aliphatic hydroxyl groups is 1. The van der Waals surface area contributed by atoms with Gasteiger partial charge in [0.15, 0.2) is 0 Å². The summed E-state index contributed by atoms with van der Waals surface area (Å²) in [5.74, 6) is -1.08. The number of likely N-dealkylation sites (tertiary alicyclic amines) is 1. The lowest BCUT2D eigenvalue weighted by atomic mass is 9.95. The van der Waals surface area contributed by atoms with Crippen molar-refractivity contribution in [2.75, 3.05) is 32.8 Å². The zero-order chi connectivity index (χ0) is 25.5. The molecule has 35 heavy (non-hydrogen) atoms. The Labute approximate surface area is 205 Å². The van der Waals surface area contributed by atoms with E-state index in [0.29, 0.717) is 42.3 Å². The maximum absolute atomic E-state index is 13.2. The Kier molecular flexibility index (Phi) is 8.65. The topological polar surface area (TPSA) is 96.4 Å². The van der Waals surface area contributed by atoms with E-state index in [4.69, 9.17) is 9.47 Å². The van der Waals surface area contributed by atoms with Crippen LogP contribution in [0.25, 0.3) is 5.76 Å². The SMILES string of the molecule is CCOc1ccc(/C(O)=C2/C(=O)C(=O)N(CCN(CC)CC)C2c2ccc(OC(C)=O)cc2)cc1. The number of nitrogens with zero attached hydrogens (tertiary/aromatic N) is 2. The molecule has 1 unspecified atom stereocenters. The number of hydrogen-bond acceptors (Lipinski definition) is 7. The number of carbonyl (C=O) groups is 3. The number of amides is 1. The number of rotatable bonds is 10. The first-order valence-corrected chi connectivity index (χ1v) is 11.8.